The van der Waals surface area contributed by atoms with E-state index in [4.69, 9.17) is 0 Å². The molecule has 3 rings (SSSR count). The van der Waals surface area contributed by atoms with Crippen LogP contribution in [-0.4, -0.2) is 42.4 Å². The number of hydrogen-bond acceptors (Lipinski definition) is 5. The third kappa shape index (κ3) is 2.99. The molecule has 1 aliphatic heterocycles. The fraction of sp³-hybridized carbons (Fsp3) is 0.267. The monoisotopic (exact) mass is 286 g/mol. The largest absolute Gasteiger partial charge is 0.368 e. The zero-order valence-corrected chi connectivity index (χ0v) is 11.4. The Bertz CT molecular complexity index is 627. The molecule has 2 heterocycles. The van der Waals surface area contributed by atoms with Gasteiger partial charge < -0.3 is 9.80 Å². The summed E-state index contributed by atoms with van der Waals surface area (Å²) in [6, 6.07) is 6.20. The Morgan fingerprint density at radius 1 is 1.00 bits per heavy atom. The van der Waals surface area contributed by atoms with E-state index in [9.17, 15) is 9.18 Å². The molecule has 6 heteroatoms. The number of carbonyl (C=O) groups is 1. The molecule has 1 aliphatic rings. The second kappa shape index (κ2) is 5.87. The van der Waals surface area contributed by atoms with Crippen LogP contribution < -0.4 is 9.80 Å². The average Bonchev–Trinajstić information content (AvgIpc) is 2.55. The fourth-order valence-electron chi connectivity index (χ4n) is 2.47. The van der Waals surface area contributed by atoms with Gasteiger partial charge in [-0.15, -0.1) is 0 Å². The molecule has 108 valence electrons. The minimum Gasteiger partial charge on any atom is -0.368 e. The van der Waals surface area contributed by atoms with Gasteiger partial charge in [0.1, 0.15) is 12.1 Å². The van der Waals surface area contributed by atoms with Gasteiger partial charge in [0.2, 0.25) is 5.95 Å². The maximum Gasteiger partial charge on any atom is 0.225 e. The molecule has 0 N–H and O–H groups in total. The number of aldehydes is 1. The van der Waals surface area contributed by atoms with Crippen molar-refractivity contribution in [3.63, 3.8) is 0 Å². The average molecular weight is 286 g/mol. The summed E-state index contributed by atoms with van der Waals surface area (Å²) in [7, 11) is 0. The summed E-state index contributed by atoms with van der Waals surface area (Å²) < 4.78 is 13.5. The van der Waals surface area contributed by atoms with Crippen molar-refractivity contribution in [2.24, 2.45) is 0 Å². The van der Waals surface area contributed by atoms with E-state index in [-0.39, 0.29) is 5.82 Å². The van der Waals surface area contributed by atoms with Gasteiger partial charge in [-0.05, 0) is 24.3 Å². The Morgan fingerprint density at radius 2 is 1.67 bits per heavy atom. The SMILES string of the molecule is O=Cc1cc(F)cc(N2CCN(c3ncccn3)CC2)c1. The fourth-order valence-corrected chi connectivity index (χ4v) is 2.47. The van der Waals surface area contributed by atoms with Crippen LogP contribution in [0.5, 0.6) is 0 Å². The first-order valence-electron chi connectivity index (χ1n) is 6.79. The lowest BCUT2D eigenvalue weighted by molar-refractivity contribution is 0.112. The molecule has 0 saturated carbocycles. The van der Waals surface area contributed by atoms with E-state index in [2.05, 4.69) is 19.8 Å². The Balaban J connectivity index is 1.71. The Morgan fingerprint density at radius 3 is 2.33 bits per heavy atom. The summed E-state index contributed by atoms with van der Waals surface area (Å²) in [5.41, 5.74) is 1.10. The highest BCUT2D eigenvalue weighted by Crippen LogP contribution is 2.20. The van der Waals surface area contributed by atoms with Crippen LogP contribution >= 0.6 is 0 Å². The molecule has 1 aromatic heterocycles. The number of halogens is 1. The van der Waals surface area contributed by atoms with Crippen LogP contribution in [0.4, 0.5) is 16.0 Å². The number of rotatable bonds is 3. The molecule has 0 radical (unpaired) electrons. The second-order valence-corrected chi connectivity index (χ2v) is 4.88. The number of aromatic nitrogens is 2. The predicted molar refractivity (Wildman–Crippen MR) is 78.2 cm³/mol. The van der Waals surface area contributed by atoms with Gasteiger partial charge in [0.05, 0.1) is 0 Å². The number of benzene rings is 1. The van der Waals surface area contributed by atoms with E-state index in [1.165, 1.54) is 12.1 Å². The summed E-state index contributed by atoms with van der Waals surface area (Å²) in [6.45, 7) is 2.99. The molecular formula is C15H15FN4O. The van der Waals surface area contributed by atoms with Crippen LogP contribution in [0, 0.1) is 5.82 Å². The van der Waals surface area contributed by atoms with E-state index >= 15 is 0 Å². The van der Waals surface area contributed by atoms with Gasteiger partial charge in [-0.25, -0.2) is 14.4 Å². The highest BCUT2D eigenvalue weighted by Gasteiger charge is 2.19. The molecule has 0 unspecified atom stereocenters. The van der Waals surface area contributed by atoms with Gasteiger partial charge in [0.25, 0.3) is 0 Å². The summed E-state index contributed by atoms with van der Waals surface area (Å²) >= 11 is 0. The highest BCUT2D eigenvalue weighted by atomic mass is 19.1. The molecule has 1 aromatic carbocycles. The van der Waals surface area contributed by atoms with Crippen molar-refractivity contribution in [3.05, 3.63) is 48.0 Å². The first-order valence-corrected chi connectivity index (χ1v) is 6.79. The van der Waals surface area contributed by atoms with Gasteiger partial charge in [0, 0.05) is 49.8 Å². The third-order valence-electron chi connectivity index (χ3n) is 3.52. The van der Waals surface area contributed by atoms with E-state index in [0.717, 1.165) is 31.9 Å². The predicted octanol–water partition coefficient (Wildman–Crippen LogP) is 1.75. The van der Waals surface area contributed by atoms with Crippen molar-refractivity contribution < 1.29 is 9.18 Å². The van der Waals surface area contributed by atoms with Crippen molar-refractivity contribution in [1.82, 2.24) is 9.97 Å². The quantitative estimate of drug-likeness (QED) is 0.805. The topological polar surface area (TPSA) is 49.3 Å². The highest BCUT2D eigenvalue weighted by molar-refractivity contribution is 5.77. The number of carbonyl (C=O) groups excluding carboxylic acids is 1. The molecule has 0 bridgehead atoms. The van der Waals surface area contributed by atoms with Crippen LogP contribution in [0.15, 0.2) is 36.7 Å². The van der Waals surface area contributed by atoms with Gasteiger partial charge in [0.15, 0.2) is 0 Å². The molecule has 1 fully saturated rings. The summed E-state index contributed by atoms with van der Waals surface area (Å²) in [4.78, 5) is 23.4. The first kappa shape index (κ1) is 13.5. The smallest absolute Gasteiger partial charge is 0.225 e. The number of anilines is 2. The third-order valence-corrected chi connectivity index (χ3v) is 3.52. The normalized spacial score (nSPS) is 15.1. The Labute approximate surface area is 122 Å². The standard InChI is InChI=1S/C15H15FN4O/c16-13-8-12(11-21)9-14(10-13)19-4-6-20(7-5-19)15-17-2-1-3-18-15/h1-3,8-11H,4-7H2. The number of nitrogens with zero attached hydrogens (tertiary/aromatic N) is 4. The van der Waals surface area contributed by atoms with Crippen molar-refractivity contribution in [2.75, 3.05) is 36.0 Å². The number of hydrogen-bond donors (Lipinski definition) is 0. The summed E-state index contributed by atoms with van der Waals surface area (Å²) in [6.07, 6.45) is 4.11. The Kier molecular flexibility index (Phi) is 3.77. The minimum absolute atomic E-state index is 0.360. The van der Waals surface area contributed by atoms with Crippen LogP contribution in [-0.2, 0) is 0 Å². The van der Waals surface area contributed by atoms with Gasteiger partial charge in [-0.1, -0.05) is 0 Å². The summed E-state index contributed by atoms with van der Waals surface area (Å²) in [5.74, 6) is 0.327. The van der Waals surface area contributed by atoms with Gasteiger partial charge >= 0.3 is 0 Å². The zero-order chi connectivity index (χ0) is 14.7. The van der Waals surface area contributed by atoms with Gasteiger partial charge in [-0.3, -0.25) is 4.79 Å². The maximum absolute atomic E-state index is 13.5. The molecular weight excluding hydrogens is 271 g/mol. The molecule has 0 atom stereocenters. The van der Waals surface area contributed by atoms with Crippen LogP contribution in [0.2, 0.25) is 0 Å². The molecule has 0 amide bonds. The Hall–Kier alpha value is -2.50. The van der Waals surface area contributed by atoms with E-state index in [1.807, 2.05) is 0 Å². The van der Waals surface area contributed by atoms with Crippen molar-refractivity contribution in [1.29, 1.82) is 0 Å². The molecule has 1 saturated heterocycles. The number of piperazine rings is 1. The zero-order valence-electron chi connectivity index (χ0n) is 11.4. The molecule has 2 aromatic rings. The molecule has 21 heavy (non-hydrogen) atoms. The van der Waals surface area contributed by atoms with Crippen molar-refractivity contribution in [3.8, 4) is 0 Å². The lowest BCUT2D eigenvalue weighted by Crippen LogP contribution is -2.47. The van der Waals surface area contributed by atoms with Crippen LogP contribution in [0.25, 0.3) is 0 Å². The van der Waals surface area contributed by atoms with E-state index < -0.39 is 0 Å². The van der Waals surface area contributed by atoms with E-state index in [1.54, 1.807) is 24.5 Å². The van der Waals surface area contributed by atoms with Crippen molar-refractivity contribution >= 4 is 17.9 Å². The lowest BCUT2D eigenvalue weighted by atomic mass is 10.2. The summed E-state index contributed by atoms with van der Waals surface area (Å²) in [5, 5.41) is 0. The molecule has 5 nitrogen and oxygen atoms in total. The lowest BCUT2D eigenvalue weighted by Gasteiger charge is -2.36. The first-order chi connectivity index (χ1) is 10.3. The van der Waals surface area contributed by atoms with E-state index in [0.29, 0.717) is 17.8 Å². The second-order valence-electron chi connectivity index (χ2n) is 4.88. The van der Waals surface area contributed by atoms with Crippen molar-refractivity contribution in [2.45, 2.75) is 0 Å². The minimum atomic E-state index is -0.386. The van der Waals surface area contributed by atoms with Gasteiger partial charge in [-0.2, -0.15) is 0 Å². The molecule has 0 spiro atoms. The maximum atomic E-state index is 13.5. The van der Waals surface area contributed by atoms with Crippen LogP contribution in [0.1, 0.15) is 10.4 Å². The molecule has 0 aliphatic carbocycles. The van der Waals surface area contributed by atoms with Crippen LogP contribution in [0.3, 0.4) is 0 Å².